The van der Waals surface area contributed by atoms with E-state index >= 15 is 0 Å². The average Bonchev–Trinajstić information content (AvgIpc) is 2.83. The van der Waals surface area contributed by atoms with Crippen LogP contribution in [0.3, 0.4) is 0 Å². The highest BCUT2D eigenvalue weighted by Crippen LogP contribution is 2.24. The highest BCUT2D eigenvalue weighted by atomic mass is 32.2. The monoisotopic (exact) mass is 505 g/mol. The van der Waals surface area contributed by atoms with Crippen LogP contribution in [0.4, 0.5) is 10.1 Å². The zero-order valence-corrected chi connectivity index (χ0v) is 21.8. The molecule has 2 aromatic carbocycles. The molecule has 0 aliphatic heterocycles. The molecule has 0 heterocycles. The van der Waals surface area contributed by atoms with E-state index < -0.39 is 34.3 Å². The summed E-state index contributed by atoms with van der Waals surface area (Å²) in [5, 5.41) is 2.87. The highest BCUT2D eigenvalue weighted by Gasteiger charge is 2.32. The lowest BCUT2D eigenvalue weighted by atomic mass is 10.1. The maximum atomic E-state index is 13.6. The summed E-state index contributed by atoms with van der Waals surface area (Å²) in [6.07, 6.45) is 3.72. The number of aryl methyl sites for hydroxylation is 1. The predicted molar refractivity (Wildman–Crippen MR) is 137 cm³/mol. The van der Waals surface area contributed by atoms with Crippen molar-refractivity contribution in [3.63, 3.8) is 0 Å². The molecule has 1 N–H and O–H groups in total. The molecule has 0 aliphatic rings. The number of hydrogen-bond donors (Lipinski definition) is 1. The van der Waals surface area contributed by atoms with E-state index in [1.807, 2.05) is 26.0 Å². The maximum Gasteiger partial charge on any atom is 0.244 e. The molecule has 192 valence electrons. The molecule has 0 bridgehead atoms. The second kappa shape index (κ2) is 13.2. The van der Waals surface area contributed by atoms with E-state index in [2.05, 4.69) is 5.32 Å². The van der Waals surface area contributed by atoms with Crippen molar-refractivity contribution in [3.05, 3.63) is 65.5 Å². The van der Waals surface area contributed by atoms with Gasteiger partial charge >= 0.3 is 0 Å². The lowest BCUT2D eigenvalue weighted by Gasteiger charge is -2.33. The summed E-state index contributed by atoms with van der Waals surface area (Å²) < 4.78 is 40.0. The van der Waals surface area contributed by atoms with E-state index in [4.69, 9.17) is 0 Å². The molecule has 1 atom stereocenters. The van der Waals surface area contributed by atoms with Crippen LogP contribution in [0.5, 0.6) is 0 Å². The number of benzene rings is 2. The number of hydrogen-bond acceptors (Lipinski definition) is 4. The third-order valence-corrected chi connectivity index (χ3v) is 6.93. The fourth-order valence-electron chi connectivity index (χ4n) is 3.86. The van der Waals surface area contributed by atoms with Crippen LogP contribution in [-0.4, -0.2) is 50.5 Å². The first-order valence-corrected chi connectivity index (χ1v) is 13.8. The fourth-order valence-corrected chi connectivity index (χ4v) is 4.74. The molecule has 2 aromatic rings. The van der Waals surface area contributed by atoms with Gasteiger partial charge in [-0.3, -0.25) is 13.9 Å². The summed E-state index contributed by atoms with van der Waals surface area (Å²) in [6, 6.07) is 11.9. The number of nitrogens with zero attached hydrogens (tertiary/aromatic N) is 2. The Morgan fingerprint density at radius 1 is 1.03 bits per heavy atom. The molecule has 0 saturated heterocycles. The number of unbranched alkanes of at least 4 members (excludes halogenated alkanes) is 1. The molecule has 0 spiro atoms. The van der Waals surface area contributed by atoms with Crippen LogP contribution in [0.2, 0.25) is 0 Å². The Balaban J connectivity index is 2.43. The summed E-state index contributed by atoms with van der Waals surface area (Å²) in [5.74, 6) is -1.21. The van der Waals surface area contributed by atoms with Gasteiger partial charge in [-0.05, 0) is 48.6 Å². The van der Waals surface area contributed by atoms with Crippen molar-refractivity contribution in [2.75, 3.05) is 23.7 Å². The quantitative estimate of drug-likeness (QED) is 0.419. The van der Waals surface area contributed by atoms with Crippen LogP contribution in [0.1, 0.15) is 51.2 Å². The van der Waals surface area contributed by atoms with E-state index in [-0.39, 0.29) is 12.5 Å². The number of carbonyl (C=O) groups excluding carboxylic acids is 2. The Labute approximate surface area is 208 Å². The standard InChI is InChI=1S/C26H36FN3O4S/c1-5-8-17-28-26(32)23(7-3)29(18-20-13-15-22(27)16-14-20)25(31)19-30(35(4,33)34)24-12-10-9-11-21(24)6-2/h9-16,23H,5-8,17-19H2,1-4H3,(H,28,32)/t23-/m1/s1. The molecular weight excluding hydrogens is 469 g/mol. The van der Waals surface area contributed by atoms with Crippen molar-refractivity contribution >= 4 is 27.5 Å². The molecule has 35 heavy (non-hydrogen) atoms. The number of nitrogens with one attached hydrogen (secondary N) is 1. The van der Waals surface area contributed by atoms with Crippen LogP contribution >= 0.6 is 0 Å². The molecule has 0 aliphatic carbocycles. The van der Waals surface area contributed by atoms with Gasteiger partial charge in [-0.25, -0.2) is 12.8 Å². The smallest absolute Gasteiger partial charge is 0.244 e. The first-order valence-electron chi connectivity index (χ1n) is 12.0. The number of rotatable bonds is 13. The van der Waals surface area contributed by atoms with Crippen LogP contribution in [-0.2, 0) is 32.6 Å². The van der Waals surface area contributed by atoms with Crippen molar-refractivity contribution in [1.82, 2.24) is 10.2 Å². The second-order valence-electron chi connectivity index (χ2n) is 8.47. The van der Waals surface area contributed by atoms with Gasteiger partial charge in [-0.1, -0.05) is 57.5 Å². The van der Waals surface area contributed by atoms with E-state index in [1.54, 1.807) is 31.2 Å². The summed E-state index contributed by atoms with van der Waals surface area (Å²) in [4.78, 5) is 28.0. The minimum absolute atomic E-state index is 0.0475. The summed E-state index contributed by atoms with van der Waals surface area (Å²) in [7, 11) is -3.79. The van der Waals surface area contributed by atoms with Crippen LogP contribution in [0.15, 0.2) is 48.5 Å². The Morgan fingerprint density at radius 2 is 1.69 bits per heavy atom. The molecule has 0 aromatic heterocycles. The number of anilines is 1. The third-order valence-electron chi connectivity index (χ3n) is 5.80. The van der Waals surface area contributed by atoms with Crippen molar-refractivity contribution in [2.24, 2.45) is 0 Å². The molecule has 0 fully saturated rings. The Hall–Kier alpha value is -2.94. The van der Waals surface area contributed by atoms with Gasteiger partial charge in [0.1, 0.15) is 18.4 Å². The highest BCUT2D eigenvalue weighted by molar-refractivity contribution is 7.92. The van der Waals surface area contributed by atoms with Gasteiger partial charge in [0, 0.05) is 13.1 Å². The van der Waals surface area contributed by atoms with Gasteiger partial charge in [0.25, 0.3) is 0 Å². The Kier molecular flexibility index (Phi) is 10.7. The number of amides is 2. The van der Waals surface area contributed by atoms with Gasteiger partial charge < -0.3 is 10.2 Å². The largest absolute Gasteiger partial charge is 0.354 e. The summed E-state index contributed by atoms with van der Waals surface area (Å²) >= 11 is 0. The first-order chi connectivity index (χ1) is 16.6. The molecule has 9 heteroatoms. The Morgan fingerprint density at radius 3 is 2.26 bits per heavy atom. The molecule has 2 rings (SSSR count). The Bertz CT molecular complexity index is 1090. The van der Waals surface area contributed by atoms with Gasteiger partial charge in [0.05, 0.1) is 11.9 Å². The number of carbonyl (C=O) groups is 2. The van der Waals surface area contributed by atoms with Gasteiger partial charge in [-0.2, -0.15) is 0 Å². The van der Waals surface area contributed by atoms with Crippen molar-refractivity contribution in [3.8, 4) is 0 Å². The lowest BCUT2D eigenvalue weighted by Crippen LogP contribution is -2.52. The van der Waals surface area contributed by atoms with E-state index in [0.717, 1.165) is 29.0 Å². The molecule has 7 nitrogen and oxygen atoms in total. The van der Waals surface area contributed by atoms with Crippen molar-refractivity contribution in [2.45, 2.75) is 59.0 Å². The molecule has 0 saturated carbocycles. The van der Waals surface area contributed by atoms with E-state index in [0.29, 0.717) is 30.6 Å². The van der Waals surface area contributed by atoms with Crippen LogP contribution in [0.25, 0.3) is 0 Å². The third kappa shape index (κ3) is 8.06. The maximum absolute atomic E-state index is 13.6. The summed E-state index contributed by atoms with van der Waals surface area (Å²) in [6.45, 7) is 5.82. The second-order valence-corrected chi connectivity index (χ2v) is 10.4. The topological polar surface area (TPSA) is 86.8 Å². The van der Waals surface area contributed by atoms with Crippen LogP contribution < -0.4 is 9.62 Å². The van der Waals surface area contributed by atoms with E-state index in [1.165, 1.54) is 17.0 Å². The minimum Gasteiger partial charge on any atom is -0.354 e. The summed E-state index contributed by atoms with van der Waals surface area (Å²) in [5.41, 5.74) is 1.87. The molecule has 2 amide bonds. The molecular formula is C26H36FN3O4S. The number of sulfonamides is 1. The normalized spacial score (nSPS) is 12.1. The zero-order valence-electron chi connectivity index (χ0n) is 21.0. The minimum atomic E-state index is -3.79. The predicted octanol–water partition coefficient (Wildman–Crippen LogP) is 3.88. The van der Waals surface area contributed by atoms with Gasteiger partial charge in [0.2, 0.25) is 21.8 Å². The first kappa shape index (κ1) is 28.3. The molecule has 0 unspecified atom stereocenters. The molecule has 0 radical (unpaired) electrons. The zero-order chi connectivity index (χ0) is 26.0. The van der Waals surface area contributed by atoms with Crippen molar-refractivity contribution < 1.29 is 22.4 Å². The van der Waals surface area contributed by atoms with Crippen molar-refractivity contribution in [1.29, 1.82) is 0 Å². The van der Waals surface area contributed by atoms with Gasteiger partial charge in [-0.15, -0.1) is 0 Å². The lowest BCUT2D eigenvalue weighted by molar-refractivity contribution is -0.140. The van der Waals surface area contributed by atoms with Crippen LogP contribution in [0, 0.1) is 5.82 Å². The SMILES string of the molecule is CCCCNC(=O)[C@@H](CC)N(Cc1ccc(F)cc1)C(=O)CN(c1ccccc1CC)S(C)(=O)=O. The number of para-hydroxylation sites is 1. The average molecular weight is 506 g/mol. The number of halogens is 1. The van der Waals surface area contributed by atoms with E-state index in [9.17, 15) is 22.4 Å². The fraction of sp³-hybridized carbons (Fsp3) is 0.462. The van der Waals surface area contributed by atoms with Gasteiger partial charge in [0.15, 0.2) is 0 Å².